The quantitative estimate of drug-likeness (QED) is 0.0616. The van der Waals surface area contributed by atoms with Crippen LogP contribution < -0.4 is 9.47 Å². The molecule has 0 radical (unpaired) electrons. The zero-order chi connectivity index (χ0) is 40.6. The third kappa shape index (κ3) is 8.12. The molecule has 6 unspecified atom stereocenters. The van der Waals surface area contributed by atoms with Crippen LogP contribution in [0.25, 0.3) is 10.8 Å². The molecule has 58 heavy (non-hydrogen) atoms. The van der Waals surface area contributed by atoms with Gasteiger partial charge < -0.3 is 34.2 Å². The number of benzene rings is 4. The second-order valence-electron chi connectivity index (χ2n) is 15.4. The number of oxime groups is 1. The SMILES string of the molecule is C=CCOC12Oc3ccc(Oc4ccc5ccccc5c4)cc3C3C(CCCCO)C(CCCCO)C=C(C(=NOCC)CC1N(C)C(=O)c1ccc(C#N)cc1)C32. The van der Waals surface area contributed by atoms with E-state index >= 15 is 0 Å². The molecule has 2 aliphatic carbocycles. The number of aliphatic hydroxyl groups excluding tert-OH is 2. The number of fused-ring (bicyclic) bond motifs is 3. The molecule has 6 atom stereocenters. The van der Waals surface area contributed by atoms with E-state index in [-0.39, 0.29) is 43.5 Å². The fourth-order valence-corrected chi connectivity index (χ4v) is 9.33. The van der Waals surface area contributed by atoms with Gasteiger partial charge >= 0.3 is 0 Å². The highest BCUT2D eigenvalue weighted by Gasteiger charge is 2.65. The maximum atomic E-state index is 14.4. The van der Waals surface area contributed by atoms with Gasteiger partial charge in [-0.1, -0.05) is 60.5 Å². The Labute approximate surface area is 341 Å². The molecule has 2 N–H and O–H groups in total. The summed E-state index contributed by atoms with van der Waals surface area (Å²) in [6.07, 6.45) is 9.01. The topological polar surface area (TPSA) is 134 Å². The number of ether oxygens (including phenoxy) is 3. The average molecular weight is 784 g/mol. The summed E-state index contributed by atoms with van der Waals surface area (Å²) in [5.74, 6) is -0.00922. The average Bonchev–Trinajstić information content (AvgIpc) is 3.25. The molecule has 1 amide bonds. The zero-order valence-electron chi connectivity index (χ0n) is 33.4. The van der Waals surface area contributed by atoms with Crippen molar-refractivity contribution in [1.82, 2.24) is 4.90 Å². The van der Waals surface area contributed by atoms with Gasteiger partial charge in [-0.05, 0) is 115 Å². The number of hydrogen-bond donors (Lipinski definition) is 2. The summed E-state index contributed by atoms with van der Waals surface area (Å²) in [7, 11) is 1.77. The van der Waals surface area contributed by atoms with Crippen LogP contribution in [0.3, 0.4) is 0 Å². The van der Waals surface area contributed by atoms with E-state index in [4.69, 9.17) is 24.2 Å². The number of carbonyl (C=O) groups excluding carboxylic acids is 1. The number of aliphatic hydroxyl groups is 2. The third-order valence-electron chi connectivity index (χ3n) is 12.0. The Morgan fingerprint density at radius 3 is 2.43 bits per heavy atom. The lowest BCUT2D eigenvalue weighted by atomic mass is 9.55. The van der Waals surface area contributed by atoms with Crippen LogP contribution in [0.15, 0.2) is 114 Å². The maximum absolute atomic E-state index is 14.4. The number of carbonyl (C=O) groups is 1. The Bertz CT molecular complexity index is 2190. The van der Waals surface area contributed by atoms with Gasteiger partial charge in [0.2, 0.25) is 5.79 Å². The number of allylic oxidation sites excluding steroid dienone is 1. The first kappa shape index (κ1) is 40.7. The highest BCUT2D eigenvalue weighted by Crippen LogP contribution is 2.62. The highest BCUT2D eigenvalue weighted by atomic mass is 16.7. The molecule has 7 rings (SSSR count). The molecule has 1 heterocycles. The number of amides is 1. The number of nitriles is 1. The van der Waals surface area contributed by atoms with Crippen LogP contribution in [0, 0.1) is 29.1 Å². The first-order chi connectivity index (χ1) is 28.3. The summed E-state index contributed by atoms with van der Waals surface area (Å²) >= 11 is 0. The van der Waals surface area contributed by atoms with Crippen LogP contribution in [-0.2, 0) is 9.57 Å². The second kappa shape index (κ2) is 18.4. The molecule has 10 nitrogen and oxygen atoms in total. The van der Waals surface area contributed by atoms with Gasteiger partial charge in [0.05, 0.1) is 29.9 Å². The number of likely N-dealkylation sites (N-methyl/N-ethyl adjacent to an activating group) is 1. The van der Waals surface area contributed by atoms with Crippen molar-refractivity contribution >= 4 is 22.4 Å². The molecule has 3 aliphatic rings. The van der Waals surface area contributed by atoms with Crippen LogP contribution >= 0.6 is 0 Å². The number of unbranched alkanes of at least 4 members (excludes halogenated alkanes) is 2. The van der Waals surface area contributed by atoms with Gasteiger partial charge in [0, 0.05) is 43.7 Å². The van der Waals surface area contributed by atoms with E-state index in [0.29, 0.717) is 48.5 Å². The van der Waals surface area contributed by atoms with Crippen LogP contribution in [-0.4, -0.2) is 72.0 Å². The monoisotopic (exact) mass is 783 g/mol. The van der Waals surface area contributed by atoms with Crippen molar-refractivity contribution < 1.29 is 34.1 Å². The molecule has 302 valence electrons. The minimum atomic E-state index is -1.37. The largest absolute Gasteiger partial charge is 0.459 e. The van der Waals surface area contributed by atoms with E-state index in [2.05, 4.69) is 43.0 Å². The zero-order valence-corrected chi connectivity index (χ0v) is 33.4. The lowest BCUT2D eigenvalue weighted by molar-refractivity contribution is -0.252. The fourth-order valence-electron chi connectivity index (χ4n) is 9.33. The summed E-state index contributed by atoms with van der Waals surface area (Å²) in [5.41, 5.74) is 3.58. The lowest BCUT2D eigenvalue weighted by Gasteiger charge is -2.59. The Balaban J connectivity index is 1.41. The minimum Gasteiger partial charge on any atom is -0.459 e. The van der Waals surface area contributed by atoms with E-state index in [1.807, 2.05) is 43.3 Å². The molecule has 0 aromatic heterocycles. The van der Waals surface area contributed by atoms with Crippen molar-refractivity contribution in [1.29, 1.82) is 5.26 Å². The lowest BCUT2D eigenvalue weighted by Crippen LogP contribution is -2.69. The molecule has 10 heteroatoms. The number of nitrogens with zero attached hydrogens (tertiary/aromatic N) is 3. The van der Waals surface area contributed by atoms with Crippen molar-refractivity contribution in [2.24, 2.45) is 22.9 Å². The molecule has 0 bridgehead atoms. The van der Waals surface area contributed by atoms with Gasteiger partial charge in [0.25, 0.3) is 5.91 Å². The Hall–Kier alpha value is -5.47. The maximum Gasteiger partial charge on any atom is 0.254 e. The van der Waals surface area contributed by atoms with Gasteiger partial charge in [-0.3, -0.25) is 4.79 Å². The summed E-state index contributed by atoms with van der Waals surface area (Å²) in [4.78, 5) is 22.0. The molecular weight excluding hydrogens is 731 g/mol. The van der Waals surface area contributed by atoms with E-state index in [1.54, 1.807) is 42.3 Å². The van der Waals surface area contributed by atoms with Crippen LogP contribution in [0.4, 0.5) is 0 Å². The highest BCUT2D eigenvalue weighted by molar-refractivity contribution is 6.03. The van der Waals surface area contributed by atoms with Gasteiger partial charge in [-0.15, -0.1) is 6.58 Å². The van der Waals surface area contributed by atoms with Crippen LogP contribution in [0.5, 0.6) is 17.2 Å². The summed E-state index contributed by atoms with van der Waals surface area (Å²) < 4.78 is 20.8. The molecule has 4 aromatic carbocycles. The van der Waals surface area contributed by atoms with Crippen molar-refractivity contribution in [3.8, 4) is 23.3 Å². The van der Waals surface area contributed by atoms with Crippen molar-refractivity contribution in [2.45, 2.75) is 69.6 Å². The van der Waals surface area contributed by atoms with Crippen molar-refractivity contribution in [3.63, 3.8) is 0 Å². The molecule has 4 aromatic rings. The normalized spacial score (nSPS) is 23.8. The molecule has 1 saturated carbocycles. The Morgan fingerprint density at radius 1 is 0.983 bits per heavy atom. The van der Waals surface area contributed by atoms with Crippen LogP contribution in [0.2, 0.25) is 0 Å². The van der Waals surface area contributed by atoms with E-state index < -0.39 is 17.7 Å². The van der Waals surface area contributed by atoms with Crippen LogP contribution in [0.1, 0.15) is 79.3 Å². The molecular formula is C48H53N3O7. The minimum absolute atomic E-state index is 0.0795. The van der Waals surface area contributed by atoms with Crippen molar-refractivity contribution in [3.05, 3.63) is 126 Å². The predicted molar refractivity (Wildman–Crippen MR) is 224 cm³/mol. The molecule has 0 spiro atoms. The molecule has 0 saturated heterocycles. The molecule has 1 aliphatic heterocycles. The van der Waals surface area contributed by atoms with E-state index in [9.17, 15) is 20.3 Å². The first-order valence-corrected chi connectivity index (χ1v) is 20.5. The molecule has 1 fully saturated rings. The second-order valence-corrected chi connectivity index (χ2v) is 15.4. The van der Waals surface area contributed by atoms with E-state index in [1.165, 1.54) is 0 Å². The van der Waals surface area contributed by atoms with Gasteiger partial charge in [0.1, 0.15) is 29.9 Å². The van der Waals surface area contributed by atoms with Gasteiger partial charge in [-0.25, -0.2) is 0 Å². The summed E-state index contributed by atoms with van der Waals surface area (Å²) in [6.45, 7) is 6.65. The predicted octanol–water partition coefficient (Wildman–Crippen LogP) is 8.93. The third-order valence-corrected chi connectivity index (χ3v) is 12.0. The number of hydrogen-bond acceptors (Lipinski definition) is 9. The number of rotatable bonds is 17. The summed E-state index contributed by atoms with van der Waals surface area (Å²) in [6, 6.07) is 28.3. The first-order valence-electron chi connectivity index (χ1n) is 20.5. The van der Waals surface area contributed by atoms with Gasteiger partial charge in [0.15, 0.2) is 0 Å². The summed E-state index contributed by atoms with van der Waals surface area (Å²) in [5, 5.41) is 36.1. The van der Waals surface area contributed by atoms with E-state index in [0.717, 1.165) is 59.1 Å². The fraction of sp³-hybridized carbons (Fsp3) is 0.396. The van der Waals surface area contributed by atoms with Crippen molar-refractivity contribution in [2.75, 3.05) is 33.5 Å². The Kier molecular flexibility index (Phi) is 12.9. The standard InChI is InChI=1S/C48H53N3O7/c1-4-26-55-48-44(51(3)47(54)34-18-16-32(31-49)17-19-34)30-42(50-56-5-2)40-28-36(14-8-10-24-52)39(15-9-11-25-53)45(46(40)48)41-29-38(22-23-43(41)58-48)57-37-21-20-33-12-6-7-13-35(33)27-37/h4,6-7,12-13,16-23,27-29,36,39,44-46,52-53H,1,5,8-11,14-15,24-26,30H2,2-3H3. The smallest absolute Gasteiger partial charge is 0.254 e. The van der Waals surface area contributed by atoms with Gasteiger partial charge in [-0.2, -0.15) is 5.26 Å². The Morgan fingerprint density at radius 2 is 1.71 bits per heavy atom.